The smallest absolute Gasteiger partial charge is 0.239 e. The number of amides is 1. The first-order valence-corrected chi connectivity index (χ1v) is 8.51. The van der Waals surface area contributed by atoms with E-state index >= 15 is 0 Å². The summed E-state index contributed by atoms with van der Waals surface area (Å²) >= 11 is 0. The third-order valence-corrected chi connectivity index (χ3v) is 5.62. The maximum Gasteiger partial charge on any atom is 0.239 e. The van der Waals surface area contributed by atoms with Crippen LogP contribution in [0.15, 0.2) is 0 Å². The first kappa shape index (κ1) is 16.4. The van der Waals surface area contributed by atoms with Gasteiger partial charge in [0.05, 0.1) is 0 Å². The molecule has 1 aliphatic rings. The van der Waals surface area contributed by atoms with Crippen LogP contribution in [0.1, 0.15) is 26.7 Å². The molecule has 19 heavy (non-hydrogen) atoms. The molecule has 1 heterocycles. The van der Waals surface area contributed by atoms with E-state index in [4.69, 9.17) is 5.73 Å². The van der Waals surface area contributed by atoms with Crippen LogP contribution in [0.2, 0.25) is 0 Å². The van der Waals surface area contributed by atoms with Crippen molar-refractivity contribution in [2.45, 2.75) is 26.7 Å². The Kier molecular flexibility index (Phi) is 6.22. The number of hydrogen-bond acceptors (Lipinski definition) is 4. The molecule has 0 bridgehead atoms. The van der Waals surface area contributed by atoms with E-state index in [2.05, 4.69) is 0 Å². The van der Waals surface area contributed by atoms with Crippen molar-refractivity contribution >= 4 is 15.9 Å². The number of likely N-dealkylation sites (tertiary alicyclic amines) is 1. The quantitative estimate of drug-likeness (QED) is 0.738. The number of carbonyl (C=O) groups excluding carboxylic acids is 1. The summed E-state index contributed by atoms with van der Waals surface area (Å²) in [6.45, 7) is 6.24. The SMILES string of the molecule is CCN(CC)S(=O)(=O)CC(=O)N1CCC(CN)CC1. The summed E-state index contributed by atoms with van der Waals surface area (Å²) in [4.78, 5) is 13.7. The minimum absolute atomic E-state index is 0.289. The van der Waals surface area contributed by atoms with Crippen molar-refractivity contribution in [2.75, 3.05) is 38.5 Å². The molecule has 0 unspecified atom stereocenters. The summed E-state index contributed by atoms with van der Waals surface area (Å²) in [5.74, 6) is -0.243. The molecule has 0 spiro atoms. The molecule has 1 amide bonds. The van der Waals surface area contributed by atoms with Crippen LogP contribution in [0.5, 0.6) is 0 Å². The molecule has 1 saturated heterocycles. The molecule has 0 aromatic rings. The largest absolute Gasteiger partial charge is 0.342 e. The van der Waals surface area contributed by atoms with Gasteiger partial charge in [-0.15, -0.1) is 0 Å². The average molecular weight is 291 g/mol. The van der Waals surface area contributed by atoms with Gasteiger partial charge in [0.25, 0.3) is 0 Å². The second kappa shape index (κ2) is 7.21. The van der Waals surface area contributed by atoms with Crippen LogP contribution >= 0.6 is 0 Å². The molecular formula is C12H25N3O3S. The zero-order valence-corrected chi connectivity index (χ0v) is 12.7. The molecule has 0 radical (unpaired) electrons. The molecule has 2 N–H and O–H groups in total. The minimum Gasteiger partial charge on any atom is -0.342 e. The van der Waals surface area contributed by atoms with Crippen molar-refractivity contribution < 1.29 is 13.2 Å². The van der Waals surface area contributed by atoms with Crippen molar-refractivity contribution in [3.8, 4) is 0 Å². The van der Waals surface area contributed by atoms with Gasteiger partial charge in [0, 0.05) is 26.2 Å². The Balaban J connectivity index is 2.56. The van der Waals surface area contributed by atoms with Crippen molar-refractivity contribution in [1.29, 1.82) is 0 Å². The van der Waals surface area contributed by atoms with Gasteiger partial charge in [0.2, 0.25) is 15.9 Å². The fourth-order valence-electron chi connectivity index (χ4n) is 2.37. The van der Waals surface area contributed by atoms with Crippen molar-refractivity contribution in [1.82, 2.24) is 9.21 Å². The van der Waals surface area contributed by atoms with E-state index < -0.39 is 15.8 Å². The second-order valence-electron chi connectivity index (χ2n) is 4.90. The van der Waals surface area contributed by atoms with E-state index in [0.717, 1.165) is 12.8 Å². The maximum absolute atomic E-state index is 12.0. The first-order valence-electron chi connectivity index (χ1n) is 6.90. The molecule has 1 rings (SSSR count). The number of piperidine rings is 1. The Morgan fingerprint density at radius 1 is 1.26 bits per heavy atom. The highest BCUT2D eigenvalue weighted by Gasteiger charge is 2.28. The van der Waals surface area contributed by atoms with Gasteiger partial charge in [-0.2, -0.15) is 0 Å². The van der Waals surface area contributed by atoms with E-state index in [9.17, 15) is 13.2 Å². The number of rotatable bonds is 6. The molecule has 6 nitrogen and oxygen atoms in total. The molecule has 0 saturated carbocycles. The Hall–Kier alpha value is -0.660. The molecule has 0 aromatic carbocycles. The highest BCUT2D eigenvalue weighted by atomic mass is 32.2. The topological polar surface area (TPSA) is 83.7 Å². The van der Waals surface area contributed by atoms with E-state index in [0.29, 0.717) is 38.6 Å². The van der Waals surface area contributed by atoms with E-state index in [-0.39, 0.29) is 5.91 Å². The van der Waals surface area contributed by atoms with Gasteiger partial charge in [0.1, 0.15) is 5.75 Å². The fraction of sp³-hybridized carbons (Fsp3) is 0.917. The highest BCUT2D eigenvalue weighted by Crippen LogP contribution is 2.16. The monoisotopic (exact) mass is 291 g/mol. The van der Waals surface area contributed by atoms with E-state index in [1.807, 2.05) is 0 Å². The lowest BCUT2D eigenvalue weighted by molar-refractivity contribution is -0.129. The van der Waals surface area contributed by atoms with Gasteiger partial charge in [-0.1, -0.05) is 13.8 Å². The molecule has 0 atom stereocenters. The Morgan fingerprint density at radius 2 is 1.79 bits per heavy atom. The molecule has 7 heteroatoms. The second-order valence-corrected chi connectivity index (χ2v) is 6.87. The lowest BCUT2D eigenvalue weighted by Crippen LogP contribution is -2.45. The van der Waals surface area contributed by atoms with Crippen LogP contribution in [-0.2, 0) is 14.8 Å². The fourth-order valence-corrected chi connectivity index (χ4v) is 3.84. The summed E-state index contributed by atoms with van der Waals surface area (Å²) in [5.41, 5.74) is 5.60. The minimum atomic E-state index is -3.47. The summed E-state index contributed by atoms with van der Waals surface area (Å²) in [5, 5.41) is 0. The molecule has 0 aromatic heterocycles. The van der Waals surface area contributed by atoms with Gasteiger partial charge < -0.3 is 10.6 Å². The lowest BCUT2D eigenvalue weighted by Gasteiger charge is -2.31. The molecular weight excluding hydrogens is 266 g/mol. The van der Waals surface area contributed by atoms with Crippen LogP contribution in [-0.4, -0.2) is 62.0 Å². The summed E-state index contributed by atoms with van der Waals surface area (Å²) in [7, 11) is -3.47. The van der Waals surface area contributed by atoms with Crippen molar-refractivity contribution in [2.24, 2.45) is 11.7 Å². The number of hydrogen-bond donors (Lipinski definition) is 1. The third-order valence-electron chi connectivity index (χ3n) is 3.71. The Bertz CT molecular complexity index is 385. The van der Waals surface area contributed by atoms with Gasteiger partial charge in [-0.05, 0) is 25.3 Å². The van der Waals surface area contributed by atoms with Crippen LogP contribution in [0, 0.1) is 5.92 Å². The van der Waals surface area contributed by atoms with Gasteiger partial charge in [-0.25, -0.2) is 12.7 Å². The van der Waals surface area contributed by atoms with Crippen LogP contribution in [0.25, 0.3) is 0 Å². The van der Waals surface area contributed by atoms with Gasteiger partial charge >= 0.3 is 0 Å². The molecule has 0 aliphatic carbocycles. The average Bonchev–Trinajstić information content (AvgIpc) is 2.39. The zero-order valence-electron chi connectivity index (χ0n) is 11.8. The molecule has 112 valence electrons. The predicted molar refractivity (Wildman–Crippen MR) is 75.1 cm³/mol. The molecule has 1 aliphatic heterocycles. The van der Waals surface area contributed by atoms with Crippen molar-refractivity contribution in [3.05, 3.63) is 0 Å². The maximum atomic E-state index is 12.0. The van der Waals surface area contributed by atoms with E-state index in [1.165, 1.54) is 4.31 Å². The lowest BCUT2D eigenvalue weighted by atomic mass is 9.97. The van der Waals surface area contributed by atoms with Crippen LogP contribution < -0.4 is 5.73 Å². The highest BCUT2D eigenvalue weighted by molar-refractivity contribution is 7.89. The zero-order chi connectivity index (χ0) is 14.5. The number of nitrogens with zero attached hydrogens (tertiary/aromatic N) is 2. The number of carbonyl (C=O) groups is 1. The predicted octanol–water partition coefficient (Wildman–Crippen LogP) is -0.145. The van der Waals surface area contributed by atoms with Crippen LogP contribution in [0.4, 0.5) is 0 Å². The van der Waals surface area contributed by atoms with E-state index in [1.54, 1.807) is 18.7 Å². The van der Waals surface area contributed by atoms with Gasteiger partial charge in [-0.3, -0.25) is 4.79 Å². The number of sulfonamides is 1. The standard InChI is InChI=1S/C12H25N3O3S/c1-3-15(4-2)19(17,18)10-12(16)14-7-5-11(9-13)6-8-14/h11H,3-10,13H2,1-2H3. The first-order chi connectivity index (χ1) is 8.94. The summed E-state index contributed by atoms with van der Waals surface area (Å²) < 4.78 is 25.4. The summed E-state index contributed by atoms with van der Waals surface area (Å²) in [6.07, 6.45) is 1.74. The third kappa shape index (κ3) is 4.43. The Morgan fingerprint density at radius 3 is 2.21 bits per heavy atom. The molecule has 1 fully saturated rings. The van der Waals surface area contributed by atoms with Crippen LogP contribution in [0.3, 0.4) is 0 Å². The summed E-state index contributed by atoms with van der Waals surface area (Å²) in [6, 6.07) is 0. The normalized spacial score (nSPS) is 18.0. The van der Waals surface area contributed by atoms with Gasteiger partial charge in [0.15, 0.2) is 0 Å². The number of nitrogens with two attached hydrogens (primary N) is 1. The van der Waals surface area contributed by atoms with Crippen molar-refractivity contribution in [3.63, 3.8) is 0 Å². The Labute approximate surface area is 116 Å².